The van der Waals surface area contributed by atoms with Gasteiger partial charge in [-0.1, -0.05) is 6.92 Å². The van der Waals surface area contributed by atoms with Gasteiger partial charge in [-0.15, -0.1) is 0 Å². The van der Waals surface area contributed by atoms with Crippen molar-refractivity contribution in [3.63, 3.8) is 0 Å². The van der Waals surface area contributed by atoms with E-state index in [4.69, 9.17) is 4.74 Å². The molecule has 0 bridgehead atoms. The molecule has 0 saturated carbocycles. The number of anilines is 1. The zero-order chi connectivity index (χ0) is 15.1. The van der Waals surface area contributed by atoms with E-state index < -0.39 is 10.0 Å². The molecule has 118 valence electrons. The lowest BCUT2D eigenvalue weighted by Crippen LogP contribution is -2.26. The summed E-state index contributed by atoms with van der Waals surface area (Å²) in [6.07, 6.45) is 3.63. The summed E-state index contributed by atoms with van der Waals surface area (Å²) in [5.74, 6) is 0. The summed E-state index contributed by atoms with van der Waals surface area (Å²) in [6, 6.07) is 5.29. The van der Waals surface area contributed by atoms with Crippen LogP contribution in [0.3, 0.4) is 0 Å². The topological polar surface area (TPSA) is 67.4 Å². The van der Waals surface area contributed by atoms with E-state index >= 15 is 0 Å². The Morgan fingerprint density at radius 3 is 3.00 bits per heavy atom. The minimum atomic E-state index is -3.42. The molecule has 5 nitrogen and oxygen atoms in total. The highest BCUT2D eigenvalue weighted by atomic mass is 32.2. The minimum absolute atomic E-state index is 0.347. The van der Waals surface area contributed by atoms with E-state index in [-0.39, 0.29) is 0 Å². The SMILES string of the molecule is CCCOCCCNS(=O)(=O)c1ccc2c(c1)CCCN2. The van der Waals surface area contributed by atoms with Crippen LogP contribution in [-0.2, 0) is 21.2 Å². The molecular weight excluding hydrogens is 288 g/mol. The average Bonchev–Trinajstić information content (AvgIpc) is 2.50. The molecule has 2 N–H and O–H groups in total. The smallest absolute Gasteiger partial charge is 0.240 e. The summed E-state index contributed by atoms with van der Waals surface area (Å²) in [5, 5.41) is 3.28. The van der Waals surface area contributed by atoms with Gasteiger partial charge in [-0.25, -0.2) is 13.1 Å². The van der Waals surface area contributed by atoms with Gasteiger partial charge in [0.2, 0.25) is 10.0 Å². The van der Waals surface area contributed by atoms with E-state index in [2.05, 4.69) is 10.0 Å². The van der Waals surface area contributed by atoms with Crippen molar-refractivity contribution < 1.29 is 13.2 Å². The predicted molar refractivity (Wildman–Crippen MR) is 84.2 cm³/mol. The third kappa shape index (κ3) is 4.69. The fourth-order valence-electron chi connectivity index (χ4n) is 2.33. The van der Waals surface area contributed by atoms with Gasteiger partial charge < -0.3 is 10.1 Å². The normalized spacial score (nSPS) is 14.5. The van der Waals surface area contributed by atoms with Gasteiger partial charge in [0.15, 0.2) is 0 Å². The number of hydrogen-bond acceptors (Lipinski definition) is 4. The number of benzene rings is 1. The molecule has 1 heterocycles. The molecule has 1 aromatic carbocycles. The first kappa shape index (κ1) is 16.3. The van der Waals surface area contributed by atoms with Crippen LogP contribution in [0, 0.1) is 0 Å². The molecule has 0 fully saturated rings. The van der Waals surface area contributed by atoms with Crippen LogP contribution in [0.25, 0.3) is 0 Å². The van der Waals surface area contributed by atoms with Crippen molar-refractivity contribution in [2.24, 2.45) is 0 Å². The molecule has 0 radical (unpaired) electrons. The van der Waals surface area contributed by atoms with Crippen LogP contribution < -0.4 is 10.0 Å². The van der Waals surface area contributed by atoms with E-state index in [0.717, 1.165) is 43.7 Å². The van der Waals surface area contributed by atoms with Crippen molar-refractivity contribution in [2.75, 3.05) is 31.6 Å². The fraction of sp³-hybridized carbons (Fsp3) is 0.600. The van der Waals surface area contributed by atoms with Crippen molar-refractivity contribution >= 4 is 15.7 Å². The van der Waals surface area contributed by atoms with E-state index in [1.807, 2.05) is 13.0 Å². The molecule has 1 aliphatic heterocycles. The quantitative estimate of drug-likeness (QED) is 0.722. The Bertz CT molecular complexity index is 558. The number of hydrogen-bond donors (Lipinski definition) is 2. The first-order valence-corrected chi connectivity index (χ1v) is 9.06. The van der Waals surface area contributed by atoms with E-state index in [9.17, 15) is 8.42 Å². The van der Waals surface area contributed by atoms with Crippen LogP contribution >= 0.6 is 0 Å². The van der Waals surface area contributed by atoms with Crippen molar-refractivity contribution in [1.29, 1.82) is 0 Å². The largest absolute Gasteiger partial charge is 0.385 e. The van der Waals surface area contributed by atoms with E-state index in [1.165, 1.54) is 0 Å². The highest BCUT2D eigenvalue weighted by Gasteiger charge is 2.16. The lowest BCUT2D eigenvalue weighted by molar-refractivity contribution is 0.133. The van der Waals surface area contributed by atoms with Crippen LogP contribution in [0.15, 0.2) is 23.1 Å². The molecule has 1 aliphatic rings. The van der Waals surface area contributed by atoms with Gasteiger partial charge >= 0.3 is 0 Å². The molecule has 0 saturated heterocycles. The average molecular weight is 312 g/mol. The lowest BCUT2D eigenvalue weighted by atomic mass is 10.0. The van der Waals surface area contributed by atoms with E-state index in [0.29, 0.717) is 24.5 Å². The summed E-state index contributed by atoms with van der Waals surface area (Å²) < 4.78 is 32.4. The highest BCUT2D eigenvalue weighted by Crippen LogP contribution is 2.24. The standard InChI is InChI=1S/C15H24N2O3S/c1-2-10-20-11-4-9-17-21(18,19)14-6-7-15-13(12-14)5-3-8-16-15/h6-7,12,16-17H,2-5,8-11H2,1H3. The Morgan fingerprint density at radius 2 is 2.19 bits per heavy atom. The lowest BCUT2D eigenvalue weighted by Gasteiger charge is -2.18. The first-order chi connectivity index (χ1) is 10.1. The molecule has 0 aliphatic carbocycles. The van der Waals surface area contributed by atoms with Crippen LogP contribution in [0.2, 0.25) is 0 Å². The van der Waals surface area contributed by atoms with Crippen molar-refractivity contribution in [2.45, 2.75) is 37.5 Å². The van der Waals surface area contributed by atoms with Crippen LogP contribution in [-0.4, -0.2) is 34.7 Å². The maximum atomic E-state index is 12.2. The summed E-state index contributed by atoms with van der Waals surface area (Å²) in [4.78, 5) is 0.347. The molecule has 21 heavy (non-hydrogen) atoms. The van der Waals surface area contributed by atoms with Gasteiger partial charge in [-0.05, 0) is 49.4 Å². The van der Waals surface area contributed by atoms with Crippen LogP contribution in [0.5, 0.6) is 0 Å². The zero-order valence-electron chi connectivity index (χ0n) is 12.5. The molecule has 0 unspecified atom stereocenters. The van der Waals surface area contributed by atoms with Gasteiger partial charge in [0.05, 0.1) is 4.90 Å². The molecule has 0 spiro atoms. The van der Waals surface area contributed by atoms with Gasteiger partial charge in [-0.2, -0.15) is 0 Å². The fourth-order valence-corrected chi connectivity index (χ4v) is 3.45. The molecule has 0 atom stereocenters. The maximum Gasteiger partial charge on any atom is 0.240 e. The second-order valence-electron chi connectivity index (χ2n) is 5.21. The number of nitrogens with one attached hydrogen (secondary N) is 2. The van der Waals surface area contributed by atoms with Gasteiger partial charge in [0.25, 0.3) is 0 Å². The molecule has 0 amide bonds. The number of rotatable bonds is 8. The molecule has 0 aromatic heterocycles. The highest BCUT2D eigenvalue weighted by molar-refractivity contribution is 7.89. The van der Waals surface area contributed by atoms with Crippen molar-refractivity contribution in [1.82, 2.24) is 4.72 Å². The Labute approximate surface area is 127 Å². The Hall–Kier alpha value is -1.11. The second-order valence-corrected chi connectivity index (χ2v) is 6.98. The Morgan fingerprint density at radius 1 is 1.33 bits per heavy atom. The van der Waals surface area contributed by atoms with Crippen molar-refractivity contribution in [3.05, 3.63) is 23.8 Å². The van der Waals surface area contributed by atoms with Crippen LogP contribution in [0.4, 0.5) is 5.69 Å². The summed E-state index contributed by atoms with van der Waals surface area (Å²) >= 11 is 0. The summed E-state index contributed by atoms with van der Waals surface area (Å²) in [5.41, 5.74) is 2.13. The molecule has 1 aromatic rings. The number of aryl methyl sites for hydroxylation is 1. The number of ether oxygens (including phenoxy) is 1. The molecular formula is C15H24N2O3S. The number of sulfonamides is 1. The van der Waals surface area contributed by atoms with Gasteiger partial charge in [0, 0.05) is 32.0 Å². The minimum Gasteiger partial charge on any atom is -0.385 e. The summed E-state index contributed by atoms with van der Waals surface area (Å²) in [6.45, 7) is 4.72. The molecule has 2 rings (SSSR count). The molecule has 6 heteroatoms. The maximum absolute atomic E-state index is 12.2. The Balaban J connectivity index is 1.90. The van der Waals surface area contributed by atoms with Gasteiger partial charge in [0.1, 0.15) is 0 Å². The predicted octanol–water partition coefficient (Wildman–Crippen LogP) is 2.14. The monoisotopic (exact) mass is 312 g/mol. The van der Waals surface area contributed by atoms with E-state index in [1.54, 1.807) is 12.1 Å². The Kier molecular flexibility index (Phi) is 6.02. The van der Waals surface area contributed by atoms with Crippen molar-refractivity contribution in [3.8, 4) is 0 Å². The third-order valence-electron chi connectivity index (χ3n) is 3.43. The van der Waals surface area contributed by atoms with Gasteiger partial charge in [-0.3, -0.25) is 0 Å². The third-order valence-corrected chi connectivity index (χ3v) is 4.89. The van der Waals surface area contributed by atoms with Crippen LogP contribution in [0.1, 0.15) is 31.7 Å². The number of fused-ring (bicyclic) bond motifs is 1. The second kappa shape index (κ2) is 7.77. The first-order valence-electron chi connectivity index (χ1n) is 7.57. The summed E-state index contributed by atoms with van der Waals surface area (Å²) in [7, 11) is -3.42. The zero-order valence-corrected chi connectivity index (χ0v) is 13.3.